The summed E-state index contributed by atoms with van der Waals surface area (Å²) in [5.74, 6) is 1.36. The topological polar surface area (TPSA) is 56.1 Å². The molecular weight excluding hydrogens is 342 g/mol. The molecule has 0 unspecified atom stereocenters. The van der Waals surface area contributed by atoms with Gasteiger partial charge in [-0.05, 0) is 37.6 Å². The van der Waals surface area contributed by atoms with E-state index in [9.17, 15) is 4.79 Å². The van der Waals surface area contributed by atoms with E-state index in [4.69, 9.17) is 14.5 Å². The van der Waals surface area contributed by atoms with Crippen molar-refractivity contribution in [1.82, 2.24) is 9.38 Å². The van der Waals surface area contributed by atoms with E-state index in [1.165, 1.54) is 0 Å². The standard InChI is InChI=1S/C21H25N3O3/c1-5-17-20(23(3)21(25)16-10-8-15(2)9-11-16)24-12-6-7-18(19(24)22-17)27-14-13-26-4/h6-12H,5,13-14H2,1-4H3. The average Bonchev–Trinajstić information content (AvgIpc) is 3.07. The summed E-state index contributed by atoms with van der Waals surface area (Å²) in [6.07, 6.45) is 2.61. The van der Waals surface area contributed by atoms with Crippen molar-refractivity contribution in [2.45, 2.75) is 20.3 Å². The number of carbonyl (C=O) groups excluding carboxylic acids is 1. The van der Waals surface area contributed by atoms with Gasteiger partial charge in [0, 0.05) is 25.9 Å². The van der Waals surface area contributed by atoms with Crippen LogP contribution in [0.15, 0.2) is 42.6 Å². The molecule has 0 saturated heterocycles. The van der Waals surface area contributed by atoms with E-state index in [-0.39, 0.29) is 5.91 Å². The minimum atomic E-state index is -0.0720. The first-order chi connectivity index (χ1) is 13.1. The fourth-order valence-corrected chi connectivity index (χ4v) is 3.00. The smallest absolute Gasteiger partial charge is 0.259 e. The molecule has 0 aliphatic rings. The van der Waals surface area contributed by atoms with Crippen molar-refractivity contribution in [2.75, 3.05) is 32.3 Å². The van der Waals surface area contributed by atoms with Crippen molar-refractivity contribution < 1.29 is 14.3 Å². The van der Waals surface area contributed by atoms with Crippen LogP contribution in [0.2, 0.25) is 0 Å². The molecule has 142 valence electrons. The number of imidazole rings is 1. The third-order valence-corrected chi connectivity index (χ3v) is 4.46. The van der Waals surface area contributed by atoms with Crippen molar-refractivity contribution in [3.63, 3.8) is 0 Å². The summed E-state index contributed by atoms with van der Waals surface area (Å²) >= 11 is 0. The maximum atomic E-state index is 13.0. The highest BCUT2D eigenvalue weighted by molar-refractivity contribution is 6.05. The van der Waals surface area contributed by atoms with Crippen LogP contribution in [0.5, 0.6) is 5.75 Å². The number of fused-ring (bicyclic) bond motifs is 1. The first-order valence-electron chi connectivity index (χ1n) is 9.03. The molecule has 0 bridgehead atoms. The zero-order chi connectivity index (χ0) is 19.4. The Morgan fingerprint density at radius 2 is 1.93 bits per heavy atom. The van der Waals surface area contributed by atoms with Crippen LogP contribution in [-0.4, -0.2) is 42.7 Å². The van der Waals surface area contributed by atoms with Crippen molar-refractivity contribution in [3.05, 3.63) is 59.4 Å². The number of benzene rings is 1. The summed E-state index contributed by atoms with van der Waals surface area (Å²) in [6, 6.07) is 11.4. The zero-order valence-electron chi connectivity index (χ0n) is 16.2. The number of ether oxygens (including phenoxy) is 2. The molecule has 2 aromatic heterocycles. The number of hydrogen-bond donors (Lipinski definition) is 0. The number of pyridine rings is 1. The van der Waals surface area contributed by atoms with E-state index in [0.29, 0.717) is 36.6 Å². The number of carbonyl (C=O) groups is 1. The lowest BCUT2D eigenvalue weighted by Gasteiger charge is -2.18. The number of amides is 1. The normalized spacial score (nSPS) is 11.0. The SMILES string of the molecule is CCc1nc2c(OCCOC)cccn2c1N(C)C(=O)c1ccc(C)cc1. The molecule has 0 fully saturated rings. The van der Waals surface area contributed by atoms with Gasteiger partial charge in [0.15, 0.2) is 11.4 Å². The second kappa shape index (κ2) is 8.22. The Hall–Kier alpha value is -2.86. The maximum absolute atomic E-state index is 13.0. The van der Waals surface area contributed by atoms with E-state index in [1.807, 2.05) is 60.8 Å². The monoisotopic (exact) mass is 367 g/mol. The summed E-state index contributed by atoms with van der Waals surface area (Å²) in [5, 5.41) is 0. The van der Waals surface area contributed by atoms with E-state index in [0.717, 1.165) is 17.1 Å². The van der Waals surface area contributed by atoms with Gasteiger partial charge in [0.25, 0.3) is 5.91 Å². The average molecular weight is 367 g/mol. The molecule has 0 spiro atoms. The first-order valence-corrected chi connectivity index (χ1v) is 9.03. The molecule has 6 heteroatoms. The highest BCUT2D eigenvalue weighted by Gasteiger charge is 2.22. The lowest BCUT2D eigenvalue weighted by atomic mass is 10.1. The minimum Gasteiger partial charge on any atom is -0.487 e. The Bertz CT molecular complexity index is 932. The zero-order valence-corrected chi connectivity index (χ0v) is 16.2. The number of aromatic nitrogens is 2. The molecule has 0 saturated carbocycles. The number of anilines is 1. The van der Waals surface area contributed by atoms with Crippen molar-refractivity contribution in [1.29, 1.82) is 0 Å². The summed E-state index contributed by atoms with van der Waals surface area (Å²) in [5.41, 5.74) is 3.31. The maximum Gasteiger partial charge on any atom is 0.259 e. The van der Waals surface area contributed by atoms with Gasteiger partial charge in [0.05, 0.1) is 12.3 Å². The summed E-state index contributed by atoms with van der Waals surface area (Å²) in [7, 11) is 3.42. The first kappa shape index (κ1) is 18.9. The Morgan fingerprint density at radius 3 is 2.59 bits per heavy atom. The largest absolute Gasteiger partial charge is 0.487 e. The van der Waals surface area contributed by atoms with Crippen molar-refractivity contribution in [2.24, 2.45) is 0 Å². The van der Waals surface area contributed by atoms with Gasteiger partial charge < -0.3 is 9.47 Å². The summed E-state index contributed by atoms with van der Waals surface area (Å²) in [4.78, 5) is 19.4. The number of nitrogens with zero attached hydrogens (tertiary/aromatic N) is 3. The molecule has 0 aliphatic carbocycles. The Labute approximate surface area is 159 Å². The molecule has 0 radical (unpaired) electrons. The van der Waals surface area contributed by atoms with Gasteiger partial charge in [-0.15, -0.1) is 0 Å². The molecule has 0 N–H and O–H groups in total. The van der Waals surface area contributed by atoms with Gasteiger partial charge in [-0.25, -0.2) is 4.98 Å². The molecule has 0 aliphatic heterocycles. The molecule has 3 rings (SSSR count). The third kappa shape index (κ3) is 3.80. The van der Waals surface area contributed by atoms with Crippen LogP contribution in [0.1, 0.15) is 28.5 Å². The predicted octanol–water partition coefficient (Wildman–Crippen LogP) is 3.51. The third-order valence-electron chi connectivity index (χ3n) is 4.46. The van der Waals surface area contributed by atoms with Crippen LogP contribution < -0.4 is 9.64 Å². The Kier molecular flexibility index (Phi) is 5.76. The Morgan fingerprint density at radius 1 is 1.19 bits per heavy atom. The predicted molar refractivity (Wildman–Crippen MR) is 106 cm³/mol. The van der Waals surface area contributed by atoms with Crippen LogP contribution in [0.4, 0.5) is 5.82 Å². The minimum absolute atomic E-state index is 0.0720. The van der Waals surface area contributed by atoms with E-state index in [2.05, 4.69) is 0 Å². The number of methoxy groups -OCH3 is 1. The highest BCUT2D eigenvalue weighted by atomic mass is 16.5. The van der Waals surface area contributed by atoms with E-state index in [1.54, 1.807) is 19.1 Å². The number of aryl methyl sites for hydroxylation is 2. The highest BCUT2D eigenvalue weighted by Crippen LogP contribution is 2.28. The van der Waals surface area contributed by atoms with Gasteiger partial charge in [0.2, 0.25) is 0 Å². The lowest BCUT2D eigenvalue weighted by Crippen LogP contribution is -2.28. The van der Waals surface area contributed by atoms with Gasteiger partial charge in [-0.1, -0.05) is 24.6 Å². The molecule has 0 atom stereocenters. The number of rotatable bonds is 7. The van der Waals surface area contributed by atoms with Gasteiger partial charge in [-0.3, -0.25) is 14.1 Å². The van der Waals surface area contributed by atoms with Crippen LogP contribution in [0.25, 0.3) is 5.65 Å². The number of hydrogen-bond acceptors (Lipinski definition) is 4. The van der Waals surface area contributed by atoms with Crippen LogP contribution in [0, 0.1) is 6.92 Å². The Balaban J connectivity index is 2.00. The van der Waals surface area contributed by atoms with Crippen molar-refractivity contribution in [3.8, 4) is 5.75 Å². The van der Waals surface area contributed by atoms with Gasteiger partial charge in [0.1, 0.15) is 12.4 Å². The van der Waals surface area contributed by atoms with E-state index < -0.39 is 0 Å². The van der Waals surface area contributed by atoms with E-state index >= 15 is 0 Å². The fourth-order valence-electron chi connectivity index (χ4n) is 3.00. The van der Waals surface area contributed by atoms with Crippen LogP contribution in [0.3, 0.4) is 0 Å². The fraction of sp³-hybridized carbons (Fsp3) is 0.333. The molecule has 3 aromatic rings. The van der Waals surface area contributed by atoms with Gasteiger partial charge >= 0.3 is 0 Å². The van der Waals surface area contributed by atoms with Crippen LogP contribution in [-0.2, 0) is 11.2 Å². The summed E-state index contributed by atoms with van der Waals surface area (Å²) in [6.45, 7) is 4.97. The molecule has 2 heterocycles. The molecule has 1 amide bonds. The van der Waals surface area contributed by atoms with Crippen molar-refractivity contribution >= 4 is 17.4 Å². The van der Waals surface area contributed by atoms with Gasteiger partial charge in [-0.2, -0.15) is 0 Å². The molecule has 6 nitrogen and oxygen atoms in total. The molecule has 1 aromatic carbocycles. The second-order valence-corrected chi connectivity index (χ2v) is 6.37. The quantitative estimate of drug-likeness (QED) is 0.600. The molecule has 27 heavy (non-hydrogen) atoms. The lowest BCUT2D eigenvalue weighted by molar-refractivity contribution is 0.0992. The second-order valence-electron chi connectivity index (χ2n) is 6.37. The van der Waals surface area contributed by atoms with Crippen LogP contribution >= 0.6 is 0 Å². The summed E-state index contributed by atoms with van der Waals surface area (Å²) < 4.78 is 12.8. The molecular formula is C21H25N3O3.